The minimum absolute atomic E-state index is 0.108. The van der Waals surface area contributed by atoms with Crippen LogP contribution in [0.2, 0.25) is 0 Å². The molecule has 2 aromatic heterocycles. The number of fused-ring (bicyclic) bond motifs is 1. The number of hydrogen-bond donors (Lipinski definition) is 1. The molecule has 0 fully saturated rings. The molecule has 1 N–H and O–H groups in total. The Kier molecular flexibility index (Phi) is 3.44. The third kappa shape index (κ3) is 2.53. The van der Waals surface area contributed by atoms with Crippen LogP contribution >= 0.6 is 11.3 Å². The van der Waals surface area contributed by atoms with E-state index in [0.717, 1.165) is 21.6 Å². The number of anilines is 1. The lowest BCUT2D eigenvalue weighted by atomic mass is 10.3. The van der Waals surface area contributed by atoms with E-state index >= 15 is 0 Å². The van der Waals surface area contributed by atoms with Gasteiger partial charge in [-0.3, -0.25) is 4.79 Å². The molecule has 112 valence electrons. The summed E-state index contributed by atoms with van der Waals surface area (Å²) in [5, 5.41) is 5.01. The second kappa shape index (κ2) is 5.74. The van der Waals surface area contributed by atoms with E-state index in [0.29, 0.717) is 5.69 Å². The maximum Gasteiger partial charge on any atom is 0.272 e. The van der Waals surface area contributed by atoms with Crippen molar-refractivity contribution in [3.63, 3.8) is 0 Å². The van der Waals surface area contributed by atoms with Crippen LogP contribution in [-0.2, 0) is 0 Å². The number of rotatable bonds is 3. The molecule has 23 heavy (non-hydrogen) atoms. The summed E-state index contributed by atoms with van der Waals surface area (Å²) in [6.07, 6.45) is 0. The molecule has 0 aliphatic heterocycles. The summed E-state index contributed by atoms with van der Waals surface area (Å²) in [5.41, 5.74) is 3.47. The molecular weight excluding hydrogens is 304 g/mol. The Morgan fingerprint density at radius 3 is 2.35 bits per heavy atom. The van der Waals surface area contributed by atoms with Gasteiger partial charge in [-0.1, -0.05) is 36.4 Å². The van der Waals surface area contributed by atoms with E-state index in [4.69, 9.17) is 0 Å². The van der Waals surface area contributed by atoms with Crippen molar-refractivity contribution in [1.29, 1.82) is 0 Å². The Morgan fingerprint density at radius 1 is 0.913 bits per heavy atom. The molecule has 3 nitrogen and oxygen atoms in total. The third-order valence-electron chi connectivity index (χ3n) is 3.70. The molecule has 4 rings (SSSR count). The number of nitrogens with zero attached hydrogens (tertiary/aromatic N) is 1. The molecule has 1 amide bonds. The number of carbonyl (C=O) groups is 1. The fourth-order valence-electron chi connectivity index (χ4n) is 2.66. The largest absolute Gasteiger partial charge is 0.321 e. The number of aromatic nitrogens is 1. The third-order valence-corrected chi connectivity index (χ3v) is 4.55. The maximum absolute atomic E-state index is 12.7. The van der Waals surface area contributed by atoms with Crippen LogP contribution in [0.5, 0.6) is 0 Å². The average molecular weight is 318 g/mol. The molecule has 0 aliphatic carbocycles. The number of nitrogens with one attached hydrogen (secondary N) is 1. The van der Waals surface area contributed by atoms with Gasteiger partial charge in [0, 0.05) is 11.4 Å². The fraction of sp³-hybridized carbons (Fsp3) is 0. The summed E-state index contributed by atoms with van der Waals surface area (Å²) in [6.45, 7) is 0. The van der Waals surface area contributed by atoms with E-state index in [1.807, 2.05) is 82.7 Å². The number of hydrogen-bond acceptors (Lipinski definition) is 2. The van der Waals surface area contributed by atoms with Gasteiger partial charge in [-0.05, 0) is 41.8 Å². The Morgan fingerprint density at radius 2 is 1.61 bits per heavy atom. The monoisotopic (exact) mass is 318 g/mol. The van der Waals surface area contributed by atoms with E-state index in [-0.39, 0.29) is 5.91 Å². The number of amides is 1. The van der Waals surface area contributed by atoms with Gasteiger partial charge in [0.2, 0.25) is 0 Å². The first-order valence-electron chi connectivity index (χ1n) is 7.34. The minimum Gasteiger partial charge on any atom is -0.321 e. The van der Waals surface area contributed by atoms with Gasteiger partial charge in [-0.15, -0.1) is 11.3 Å². The SMILES string of the molecule is O=C(Nc1ccccc1)c1cc2sccc2n1-c1ccccc1. The molecule has 0 unspecified atom stereocenters. The standard InChI is InChI=1S/C19H14N2OS/c22-19(20-14-7-3-1-4-8-14)17-13-18-16(11-12-23-18)21(17)15-9-5-2-6-10-15/h1-13H,(H,20,22). The number of carbonyl (C=O) groups excluding carboxylic acids is 1. The zero-order valence-corrected chi connectivity index (χ0v) is 13.1. The second-order valence-corrected chi connectivity index (χ2v) is 6.14. The summed E-state index contributed by atoms with van der Waals surface area (Å²) in [5.74, 6) is -0.108. The van der Waals surface area contributed by atoms with Crippen molar-refractivity contribution in [1.82, 2.24) is 4.57 Å². The molecule has 4 aromatic rings. The van der Waals surface area contributed by atoms with Crippen LogP contribution in [0.25, 0.3) is 15.9 Å². The summed E-state index contributed by atoms with van der Waals surface area (Å²) in [6, 6.07) is 23.5. The van der Waals surface area contributed by atoms with Crippen LogP contribution in [0, 0.1) is 0 Å². The minimum atomic E-state index is -0.108. The number of benzene rings is 2. The summed E-state index contributed by atoms with van der Waals surface area (Å²) >= 11 is 1.64. The lowest BCUT2D eigenvalue weighted by molar-refractivity contribution is 0.102. The van der Waals surface area contributed by atoms with Crippen LogP contribution in [0.15, 0.2) is 78.2 Å². The van der Waals surface area contributed by atoms with Gasteiger partial charge in [-0.25, -0.2) is 0 Å². The van der Waals surface area contributed by atoms with Crippen LogP contribution in [-0.4, -0.2) is 10.5 Å². The number of thiophene rings is 1. The topological polar surface area (TPSA) is 34.0 Å². The van der Waals surface area contributed by atoms with Gasteiger partial charge in [0.1, 0.15) is 5.69 Å². The maximum atomic E-state index is 12.7. The molecule has 4 heteroatoms. The van der Waals surface area contributed by atoms with Gasteiger partial charge < -0.3 is 9.88 Å². The van der Waals surface area contributed by atoms with Crippen molar-refractivity contribution in [3.8, 4) is 5.69 Å². The first kappa shape index (κ1) is 13.8. The lowest BCUT2D eigenvalue weighted by Gasteiger charge is -2.10. The van der Waals surface area contributed by atoms with Crippen molar-refractivity contribution in [2.45, 2.75) is 0 Å². The summed E-state index contributed by atoms with van der Waals surface area (Å²) < 4.78 is 3.11. The van der Waals surface area contributed by atoms with Crippen LogP contribution < -0.4 is 5.32 Å². The zero-order valence-electron chi connectivity index (χ0n) is 12.3. The Bertz CT molecular complexity index is 955. The molecule has 2 aromatic carbocycles. The molecule has 0 saturated carbocycles. The van der Waals surface area contributed by atoms with Crippen molar-refractivity contribution in [3.05, 3.63) is 83.9 Å². The van der Waals surface area contributed by atoms with Crippen molar-refractivity contribution in [2.24, 2.45) is 0 Å². The zero-order chi connectivity index (χ0) is 15.6. The summed E-state index contributed by atoms with van der Waals surface area (Å²) in [7, 11) is 0. The fourth-order valence-corrected chi connectivity index (χ4v) is 3.47. The Balaban J connectivity index is 1.81. The van der Waals surface area contributed by atoms with E-state index in [9.17, 15) is 4.79 Å². The highest BCUT2D eigenvalue weighted by atomic mass is 32.1. The average Bonchev–Trinajstić information content (AvgIpc) is 3.17. The smallest absolute Gasteiger partial charge is 0.272 e. The molecule has 0 aliphatic rings. The Labute approximate surface area is 137 Å². The molecular formula is C19H14N2OS. The molecule has 2 heterocycles. The highest BCUT2D eigenvalue weighted by molar-refractivity contribution is 7.17. The van der Waals surface area contributed by atoms with E-state index in [1.54, 1.807) is 11.3 Å². The van der Waals surface area contributed by atoms with Crippen LogP contribution in [0.1, 0.15) is 10.5 Å². The molecule has 0 spiro atoms. The van der Waals surface area contributed by atoms with Gasteiger partial charge >= 0.3 is 0 Å². The van der Waals surface area contributed by atoms with E-state index < -0.39 is 0 Å². The normalized spacial score (nSPS) is 10.8. The summed E-state index contributed by atoms with van der Waals surface area (Å²) in [4.78, 5) is 12.7. The molecule has 0 atom stereocenters. The highest BCUT2D eigenvalue weighted by Crippen LogP contribution is 2.29. The van der Waals surface area contributed by atoms with E-state index in [1.165, 1.54) is 0 Å². The number of para-hydroxylation sites is 2. The molecule has 0 bridgehead atoms. The second-order valence-electron chi connectivity index (χ2n) is 5.19. The van der Waals surface area contributed by atoms with Crippen LogP contribution in [0.4, 0.5) is 5.69 Å². The highest BCUT2D eigenvalue weighted by Gasteiger charge is 2.17. The van der Waals surface area contributed by atoms with Crippen molar-refractivity contribution < 1.29 is 4.79 Å². The molecule has 0 radical (unpaired) electrons. The van der Waals surface area contributed by atoms with Crippen molar-refractivity contribution >= 4 is 33.1 Å². The first-order valence-corrected chi connectivity index (χ1v) is 8.22. The molecule has 0 saturated heterocycles. The van der Waals surface area contributed by atoms with Crippen LogP contribution in [0.3, 0.4) is 0 Å². The Hall–Kier alpha value is -2.85. The van der Waals surface area contributed by atoms with E-state index in [2.05, 4.69) is 5.32 Å². The van der Waals surface area contributed by atoms with Gasteiger partial charge in [0.05, 0.1) is 10.2 Å². The van der Waals surface area contributed by atoms with Gasteiger partial charge in [0.25, 0.3) is 5.91 Å². The lowest BCUT2D eigenvalue weighted by Crippen LogP contribution is -2.16. The van der Waals surface area contributed by atoms with Gasteiger partial charge in [-0.2, -0.15) is 0 Å². The quantitative estimate of drug-likeness (QED) is 0.570. The predicted molar refractivity (Wildman–Crippen MR) is 95.5 cm³/mol. The van der Waals surface area contributed by atoms with Crippen molar-refractivity contribution in [2.75, 3.05) is 5.32 Å². The first-order chi connectivity index (χ1) is 11.3. The predicted octanol–water partition coefficient (Wildman–Crippen LogP) is 4.94. The van der Waals surface area contributed by atoms with Gasteiger partial charge in [0.15, 0.2) is 0 Å².